The fourth-order valence-electron chi connectivity index (χ4n) is 3.64. The Morgan fingerprint density at radius 1 is 1.04 bits per heavy atom. The minimum absolute atomic E-state index is 0.112. The third-order valence-electron chi connectivity index (χ3n) is 5.24. The molecule has 3 heterocycles. The van der Waals surface area contributed by atoms with Crippen molar-refractivity contribution in [3.63, 3.8) is 0 Å². The van der Waals surface area contributed by atoms with Crippen molar-refractivity contribution < 1.29 is 4.74 Å². The lowest BCUT2D eigenvalue weighted by molar-refractivity contribution is 0.121. The Kier molecular flexibility index (Phi) is 4.35. The van der Waals surface area contributed by atoms with Crippen LogP contribution < -0.4 is 16.1 Å². The number of morpholine rings is 1. The molecule has 1 aromatic carbocycles. The molecule has 8 heteroatoms. The Morgan fingerprint density at radius 3 is 2.37 bits per heavy atom. The van der Waals surface area contributed by atoms with Crippen LogP contribution in [0, 0.1) is 0 Å². The van der Waals surface area contributed by atoms with Crippen molar-refractivity contribution in [2.24, 2.45) is 14.1 Å². The van der Waals surface area contributed by atoms with Crippen LogP contribution in [-0.4, -0.2) is 45.0 Å². The van der Waals surface area contributed by atoms with Crippen molar-refractivity contribution in [2.45, 2.75) is 13.0 Å². The van der Waals surface area contributed by atoms with E-state index < -0.39 is 0 Å². The molecule has 0 bridgehead atoms. The molecule has 0 amide bonds. The number of benzene rings is 1. The van der Waals surface area contributed by atoms with Gasteiger partial charge in [0, 0.05) is 27.2 Å². The highest BCUT2D eigenvalue weighted by Gasteiger charge is 2.27. The number of nitrogens with zero attached hydrogens (tertiary/aromatic N) is 5. The fourth-order valence-corrected chi connectivity index (χ4v) is 3.64. The van der Waals surface area contributed by atoms with Gasteiger partial charge >= 0.3 is 5.69 Å². The number of aromatic nitrogens is 4. The second-order valence-corrected chi connectivity index (χ2v) is 6.85. The number of fused-ring (bicyclic) bond motifs is 1. The van der Waals surface area contributed by atoms with E-state index in [9.17, 15) is 9.59 Å². The van der Waals surface area contributed by atoms with Gasteiger partial charge in [-0.3, -0.25) is 18.5 Å². The van der Waals surface area contributed by atoms with E-state index in [4.69, 9.17) is 9.72 Å². The van der Waals surface area contributed by atoms with Crippen LogP contribution in [0.2, 0.25) is 0 Å². The van der Waals surface area contributed by atoms with Crippen LogP contribution in [-0.2, 0) is 18.8 Å². The van der Waals surface area contributed by atoms with Gasteiger partial charge in [-0.2, -0.15) is 4.98 Å². The highest BCUT2D eigenvalue weighted by molar-refractivity contribution is 5.75. The molecule has 0 spiro atoms. The summed E-state index contributed by atoms with van der Waals surface area (Å²) in [5.41, 5.74) is 1.22. The molecule has 0 saturated carbocycles. The molecule has 0 radical (unpaired) electrons. The van der Waals surface area contributed by atoms with E-state index in [1.807, 2.05) is 41.8 Å². The lowest BCUT2D eigenvalue weighted by Crippen LogP contribution is -2.39. The van der Waals surface area contributed by atoms with Gasteiger partial charge in [0.25, 0.3) is 5.56 Å². The first-order chi connectivity index (χ1) is 13.0. The molecule has 2 aromatic heterocycles. The molecular formula is C19H23N5O3. The summed E-state index contributed by atoms with van der Waals surface area (Å²) < 4.78 is 10.0. The van der Waals surface area contributed by atoms with E-state index in [0.29, 0.717) is 43.4 Å². The summed E-state index contributed by atoms with van der Waals surface area (Å²) in [4.78, 5) is 32.2. The van der Waals surface area contributed by atoms with Gasteiger partial charge < -0.3 is 9.64 Å². The van der Waals surface area contributed by atoms with Crippen molar-refractivity contribution >= 4 is 17.1 Å². The molecule has 1 aliphatic heterocycles. The number of ether oxygens (including phenoxy) is 1. The highest BCUT2D eigenvalue weighted by Crippen LogP contribution is 2.29. The standard InChI is InChI=1S/C19H23N5O3/c1-13(14-7-5-4-6-8-14)24-15-16(21(2)19(26)22(3)17(15)25)20-18(24)23-9-11-27-12-10-23/h4-8,13H,9-12H2,1-3H3/t13-/m0/s1. The third-order valence-corrected chi connectivity index (χ3v) is 5.24. The molecule has 3 aromatic rings. The minimum Gasteiger partial charge on any atom is -0.378 e. The maximum atomic E-state index is 13.0. The van der Waals surface area contributed by atoms with Crippen molar-refractivity contribution in [3.8, 4) is 0 Å². The summed E-state index contributed by atoms with van der Waals surface area (Å²) in [7, 11) is 3.15. The molecule has 0 aliphatic carbocycles. The van der Waals surface area contributed by atoms with E-state index >= 15 is 0 Å². The number of anilines is 1. The average molecular weight is 369 g/mol. The number of aryl methyl sites for hydroxylation is 1. The van der Waals surface area contributed by atoms with Gasteiger partial charge in [-0.15, -0.1) is 0 Å². The maximum Gasteiger partial charge on any atom is 0.332 e. The largest absolute Gasteiger partial charge is 0.378 e. The van der Waals surface area contributed by atoms with Crippen LogP contribution in [0.4, 0.5) is 5.95 Å². The summed E-state index contributed by atoms with van der Waals surface area (Å²) in [5, 5.41) is 0. The maximum absolute atomic E-state index is 13.0. The molecule has 27 heavy (non-hydrogen) atoms. The van der Waals surface area contributed by atoms with E-state index in [0.717, 1.165) is 10.1 Å². The van der Waals surface area contributed by atoms with Gasteiger partial charge in [-0.1, -0.05) is 30.3 Å². The monoisotopic (exact) mass is 369 g/mol. The number of rotatable bonds is 3. The van der Waals surface area contributed by atoms with Crippen LogP contribution in [0.25, 0.3) is 11.2 Å². The van der Waals surface area contributed by atoms with Crippen LogP contribution in [0.15, 0.2) is 39.9 Å². The lowest BCUT2D eigenvalue weighted by Gasteiger charge is -2.30. The second kappa shape index (κ2) is 6.70. The first-order valence-corrected chi connectivity index (χ1v) is 9.06. The number of hydrogen-bond donors (Lipinski definition) is 0. The average Bonchev–Trinajstić information content (AvgIpc) is 3.12. The van der Waals surface area contributed by atoms with Crippen LogP contribution >= 0.6 is 0 Å². The van der Waals surface area contributed by atoms with Crippen molar-refractivity contribution in [1.29, 1.82) is 0 Å². The quantitative estimate of drug-likeness (QED) is 0.685. The van der Waals surface area contributed by atoms with Crippen LogP contribution in [0.5, 0.6) is 0 Å². The topological polar surface area (TPSA) is 74.3 Å². The van der Waals surface area contributed by atoms with Crippen molar-refractivity contribution in [3.05, 3.63) is 56.7 Å². The fraction of sp³-hybridized carbons (Fsp3) is 0.421. The van der Waals surface area contributed by atoms with Crippen molar-refractivity contribution in [1.82, 2.24) is 18.7 Å². The summed E-state index contributed by atoms with van der Waals surface area (Å²) in [6.07, 6.45) is 0. The van der Waals surface area contributed by atoms with E-state index in [-0.39, 0.29) is 17.3 Å². The molecule has 8 nitrogen and oxygen atoms in total. The molecule has 1 fully saturated rings. The minimum atomic E-state index is -0.377. The smallest absolute Gasteiger partial charge is 0.332 e. The van der Waals surface area contributed by atoms with Gasteiger partial charge in [-0.25, -0.2) is 4.79 Å². The Balaban J connectivity index is 2.04. The predicted octanol–water partition coefficient (Wildman–Crippen LogP) is 0.880. The van der Waals surface area contributed by atoms with Gasteiger partial charge in [0.2, 0.25) is 5.95 Å². The zero-order chi connectivity index (χ0) is 19.1. The molecule has 0 unspecified atom stereocenters. The van der Waals surface area contributed by atoms with E-state index in [1.54, 1.807) is 7.05 Å². The summed E-state index contributed by atoms with van der Waals surface area (Å²) in [6, 6.07) is 9.88. The van der Waals surface area contributed by atoms with Gasteiger partial charge in [0.05, 0.1) is 19.3 Å². The summed E-state index contributed by atoms with van der Waals surface area (Å²) in [6.45, 7) is 4.66. The van der Waals surface area contributed by atoms with Crippen LogP contribution in [0.3, 0.4) is 0 Å². The normalized spacial score (nSPS) is 16.0. The van der Waals surface area contributed by atoms with E-state index in [2.05, 4.69) is 4.90 Å². The molecular weight excluding hydrogens is 346 g/mol. The molecule has 1 atom stereocenters. The Morgan fingerprint density at radius 2 is 1.70 bits per heavy atom. The van der Waals surface area contributed by atoms with Gasteiger partial charge in [-0.05, 0) is 12.5 Å². The highest BCUT2D eigenvalue weighted by atomic mass is 16.5. The zero-order valence-electron chi connectivity index (χ0n) is 15.8. The molecule has 0 N–H and O–H groups in total. The van der Waals surface area contributed by atoms with Crippen molar-refractivity contribution in [2.75, 3.05) is 31.2 Å². The molecule has 142 valence electrons. The first kappa shape index (κ1) is 17.5. The molecule has 4 rings (SSSR count). The Labute approximate surface area is 156 Å². The lowest BCUT2D eigenvalue weighted by atomic mass is 10.1. The SMILES string of the molecule is C[C@@H](c1ccccc1)n1c(N2CCOCC2)nc2c1c(=O)n(C)c(=O)n2C. The van der Waals surface area contributed by atoms with E-state index in [1.165, 1.54) is 11.6 Å². The zero-order valence-corrected chi connectivity index (χ0v) is 15.8. The predicted molar refractivity (Wildman–Crippen MR) is 104 cm³/mol. The summed E-state index contributed by atoms with van der Waals surface area (Å²) in [5.74, 6) is 0.697. The number of hydrogen-bond acceptors (Lipinski definition) is 5. The molecule has 1 saturated heterocycles. The Bertz CT molecular complexity index is 1090. The van der Waals surface area contributed by atoms with Crippen LogP contribution in [0.1, 0.15) is 18.5 Å². The Hall–Kier alpha value is -2.87. The van der Waals surface area contributed by atoms with Gasteiger partial charge in [0.15, 0.2) is 11.2 Å². The first-order valence-electron chi connectivity index (χ1n) is 9.06. The third kappa shape index (κ3) is 2.76. The molecule has 1 aliphatic rings. The second-order valence-electron chi connectivity index (χ2n) is 6.85. The summed E-state index contributed by atoms with van der Waals surface area (Å²) >= 11 is 0. The number of imidazole rings is 1. The van der Waals surface area contributed by atoms with Gasteiger partial charge in [0.1, 0.15) is 0 Å².